The van der Waals surface area contributed by atoms with Crippen LogP contribution >= 0.6 is 0 Å². The van der Waals surface area contributed by atoms with E-state index in [-0.39, 0.29) is 39.6 Å². The topological polar surface area (TPSA) is 37.0 Å². The van der Waals surface area contributed by atoms with E-state index in [0.717, 1.165) is 54.8 Å². The Balaban J connectivity index is 1.33. The zero-order valence-electron chi connectivity index (χ0n) is 49.5. The first-order valence-corrected chi connectivity index (χ1v) is 22.5. The summed E-state index contributed by atoms with van der Waals surface area (Å²) in [6.07, 6.45) is 0. The Kier molecular flexibility index (Phi) is 6.16. The van der Waals surface area contributed by atoms with Gasteiger partial charge in [-0.3, -0.25) is 9.13 Å². The summed E-state index contributed by atoms with van der Waals surface area (Å²) in [6, 6.07) is 43.9. The van der Waals surface area contributed by atoms with Crippen LogP contribution in [0.3, 0.4) is 0 Å². The van der Waals surface area contributed by atoms with E-state index in [0.29, 0.717) is 66.0 Å². The average molecular weight is 889 g/mol. The standard InChI is InChI=1S/C62H48N6/c1-34-10-18-50-42(26-34)43-27-35(2)11-19-51(43)65(50)59-58(63-9)60(66-52-20-12-36(3)28-44(52)45-29-37(4)13-21-53(45)66)62(68-56-24-16-40(7)32-48(56)49-33-41(8)17-25-57(49)68)64-61(59)67-54-22-14-38(5)30-46(54)47-31-39(6)15-23-55(47)67/h10-33H,1-8H3/i1D3,5D3,6D3,7D3. The minimum Gasteiger partial charge on any atom is -0.315 e. The average Bonchev–Trinajstić information content (AvgIpc) is 2.47. The highest BCUT2D eigenvalue weighted by atomic mass is 15.2. The summed E-state index contributed by atoms with van der Waals surface area (Å²) in [5.41, 5.74) is 9.95. The van der Waals surface area contributed by atoms with Crippen molar-refractivity contribution in [2.45, 2.75) is 55.1 Å². The van der Waals surface area contributed by atoms with Gasteiger partial charge in [0.25, 0.3) is 0 Å². The van der Waals surface area contributed by atoms with Gasteiger partial charge >= 0.3 is 0 Å². The molecule has 0 unspecified atom stereocenters. The van der Waals surface area contributed by atoms with E-state index in [1.807, 2.05) is 102 Å². The largest absolute Gasteiger partial charge is 0.315 e. The molecule has 0 saturated carbocycles. The summed E-state index contributed by atoms with van der Waals surface area (Å²) in [6.45, 7) is 7.80. The number of hydrogen-bond acceptors (Lipinski definition) is 1. The molecule has 0 amide bonds. The molecule has 0 aliphatic rings. The first-order valence-electron chi connectivity index (χ1n) is 28.5. The lowest BCUT2D eigenvalue weighted by molar-refractivity contribution is 0.963. The number of aromatic nitrogens is 5. The number of fused-ring (bicyclic) bond motifs is 12. The van der Waals surface area contributed by atoms with Crippen molar-refractivity contribution >= 4 is 92.9 Å². The molecule has 0 fully saturated rings. The van der Waals surface area contributed by atoms with Gasteiger partial charge in [-0.1, -0.05) is 93.0 Å². The Morgan fingerprint density at radius 3 is 0.794 bits per heavy atom. The zero-order valence-corrected chi connectivity index (χ0v) is 37.5. The van der Waals surface area contributed by atoms with Gasteiger partial charge < -0.3 is 9.13 Å². The van der Waals surface area contributed by atoms with Gasteiger partial charge in [0.1, 0.15) is 0 Å². The molecule has 68 heavy (non-hydrogen) atoms. The molecule has 0 spiro atoms. The Morgan fingerprint density at radius 1 is 0.338 bits per heavy atom. The van der Waals surface area contributed by atoms with Crippen molar-refractivity contribution in [1.29, 1.82) is 0 Å². The third-order valence-corrected chi connectivity index (χ3v) is 13.7. The van der Waals surface area contributed by atoms with Crippen molar-refractivity contribution in [3.63, 3.8) is 0 Å². The normalized spacial score (nSPS) is 15.5. The van der Waals surface area contributed by atoms with Crippen LogP contribution in [0.1, 0.15) is 61.0 Å². The first kappa shape index (κ1) is 29.3. The molecule has 13 rings (SSSR count). The molecule has 13 aromatic rings. The van der Waals surface area contributed by atoms with Gasteiger partial charge in [0.15, 0.2) is 11.6 Å². The van der Waals surface area contributed by atoms with Gasteiger partial charge in [0.2, 0.25) is 5.69 Å². The van der Waals surface area contributed by atoms with Gasteiger partial charge in [-0.05, 0) is 152 Å². The monoisotopic (exact) mass is 888 g/mol. The molecule has 326 valence electrons. The lowest BCUT2D eigenvalue weighted by atomic mass is 10.1. The predicted octanol–water partition coefficient (Wildman–Crippen LogP) is 16.5. The number of benzene rings is 8. The molecule has 5 heterocycles. The number of nitrogens with zero attached hydrogens (tertiary/aromatic N) is 6. The molecular formula is C62H48N6. The number of hydrogen-bond donors (Lipinski definition) is 0. The summed E-state index contributed by atoms with van der Waals surface area (Å²) in [5, 5.41) is 5.44. The third kappa shape index (κ3) is 5.60. The van der Waals surface area contributed by atoms with Crippen LogP contribution in [-0.4, -0.2) is 23.3 Å². The maximum atomic E-state index is 9.79. The fourth-order valence-electron chi connectivity index (χ4n) is 10.8. The number of rotatable bonds is 4. The summed E-state index contributed by atoms with van der Waals surface area (Å²) in [4.78, 5) is 10.6. The van der Waals surface area contributed by atoms with E-state index in [1.165, 1.54) is 12.1 Å². The zero-order chi connectivity index (χ0) is 56.4. The lowest BCUT2D eigenvalue weighted by Crippen LogP contribution is -2.14. The van der Waals surface area contributed by atoms with Crippen LogP contribution in [0.2, 0.25) is 0 Å². The summed E-state index contributed by atoms with van der Waals surface area (Å²) in [7, 11) is 0. The van der Waals surface area contributed by atoms with Crippen molar-refractivity contribution in [2.24, 2.45) is 0 Å². The molecule has 0 N–H and O–H groups in total. The molecule has 5 aromatic heterocycles. The predicted molar refractivity (Wildman–Crippen MR) is 286 cm³/mol. The smallest absolute Gasteiger partial charge is 0.241 e. The van der Waals surface area contributed by atoms with Gasteiger partial charge in [0, 0.05) is 59.5 Å². The van der Waals surface area contributed by atoms with Crippen molar-refractivity contribution in [1.82, 2.24) is 23.3 Å². The number of pyridine rings is 1. The van der Waals surface area contributed by atoms with Crippen LogP contribution in [0.4, 0.5) is 5.69 Å². The van der Waals surface area contributed by atoms with Crippen LogP contribution in [-0.2, 0) is 0 Å². The second-order valence-corrected chi connectivity index (χ2v) is 18.3. The molecule has 8 aromatic carbocycles. The molecular weight excluding hydrogens is 829 g/mol. The van der Waals surface area contributed by atoms with E-state index in [1.54, 1.807) is 60.7 Å². The quantitative estimate of drug-likeness (QED) is 0.162. The SMILES string of the molecule is [2H]C([2H])([2H])c1ccc2c(c1)c1cc(C)ccc1n2-c1nc(-n2c3ccc(C([2H])([2H])[2H])cc3c3cc(C([2H])([2H])[2H])ccc32)c(-n2c3ccc(C)cc3c3cc(C([2H])([2H])[2H])ccc32)c([N+]#[C-])c1-n1c2ccc(C)cc2c2cc(C)ccc21. The first-order chi connectivity index (χ1) is 37.8. The maximum Gasteiger partial charge on any atom is 0.241 e. The maximum absolute atomic E-state index is 9.79. The van der Waals surface area contributed by atoms with Crippen molar-refractivity contribution in [3.8, 4) is 23.0 Å². The van der Waals surface area contributed by atoms with Crippen LogP contribution < -0.4 is 0 Å². The van der Waals surface area contributed by atoms with Crippen molar-refractivity contribution in [3.05, 3.63) is 202 Å². The molecule has 0 aliphatic heterocycles. The van der Waals surface area contributed by atoms with E-state index in [9.17, 15) is 6.57 Å². The highest BCUT2D eigenvalue weighted by molar-refractivity contribution is 6.16. The molecule has 6 heteroatoms. The minimum atomic E-state index is -2.54. The highest BCUT2D eigenvalue weighted by Gasteiger charge is 2.32. The Labute approximate surface area is 411 Å². The molecule has 0 radical (unpaired) electrons. The molecule has 0 saturated heterocycles. The van der Waals surface area contributed by atoms with Crippen LogP contribution in [0.25, 0.3) is 115 Å². The van der Waals surface area contributed by atoms with Crippen molar-refractivity contribution in [2.75, 3.05) is 0 Å². The Hall–Kier alpha value is -8.40. The third-order valence-electron chi connectivity index (χ3n) is 13.7. The molecule has 0 atom stereocenters. The van der Waals surface area contributed by atoms with E-state index in [2.05, 4.69) is 21.5 Å². The molecule has 0 bridgehead atoms. The minimum absolute atomic E-state index is 0.0334. The van der Waals surface area contributed by atoms with Crippen LogP contribution in [0.15, 0.2) is 146 Å². The summed E-state index contributed by atoms with van der Waals surface area (Å²) in [5.74, 6) is 0.487. The van der Waals surface area contributed by atoms with Gasteiger partial charge in [-0.15, -0.1) is 0 Å². The fraction of sp³-hybridized carbons (Fsp3) is 0.129. The van der Waals surface area contributed by atoms with Gasteiger partial charge in [0.05, 0.1) is 62.1 Å². The van der Waals surface area contributed by atoms with E-state index in [4.69, 9.17) is 21.4 Å². The molecule has 6 nitrogen and oxygen atoms in total. The second kappa shape index (κ2) is 14.3. The van der Waals surface area contributed by atoms with Crippen molar-refractivity contribution < 1.29 is 16.4 Å². The molecule has 0 aliphatic carbocycles. The second-order valence-electron chi connectivity index (χ2n) is 18.3. The lowest BCUT2D eigenvalue weighted by Gasteiger charge is -2.24. The Morgan fingerprint density at radius 2 is 0.559 bits per heavy atom. The van der Waals surface area contributed by atoms with E-state index >= 15 is 0 Å². The number of aryl methyl sites for hydroxylation is 8. The van der Waals surface area contributed by atoms with Gasteiger partial charge in [-0.25, -0.2) is 9.83 Å². The summed E-state index contributed by atoms with van der Waals surface area (Å²) < 4.78 is 110. The van der Waals surface area contributed by atoms with Gasteiger partial charge in [-0.2, -0.15) is 0 Å². The van der Waals surface area contributed by atoms with E-state index < -0.39 is 27.4 Å². The highest BCUT2D eigenvalue weighted by Crippen LogP contribution is 2.49. The Bertz CT molecular complexity index is 4770. The van der Waals surface area contributed by atoms with Crippen LogP contribution in [0, 0.1) is 61.7 Å². The summed E-state index contributed by atoms with van der Waals surface area (Å²) >= 11 is 0. The fourth-order valence-corrected chi connectivity index (χ4v) is 10.8. The van der Waals surface area contributed by atoms with Crippen LogP contribution in [0.5, 0.6) is 0 Å².